The summed E-state index contributed by atoms with van der Waals surface area (Å²) in [6.45, 7) is 0. The van der Waals surface area contributed by atoms with Crippen LogP contribution in [0.5, 0.6) is 0 Å². The number of hydrogen-bond donors (Lipinski definition) is 1. The molecule has 1 heterocycles. The zero-order valence-corrected chi connectivity index (χ0v) is 10.7. The van der Waals surface area contributed by atoms with E-state index in [9.17, 15) is 18.5 Å². The second kappa shape index (κ2) is 4.78. The van der Waals surface area contributed by atoms with Crippen molar-refractivity contribution in [1.29, 1.82) is 0 Å². The summed E-state index contributed by atoms with van der Waals surface area (Å²) in [5.74, 6) is 0. The second-order valence-electron chi connectivity index (χ2n) is 3.56. The fraction of sp³-hybridized carbons (Fsp3) is 0.100. The Morgan fingerprint density at radius 1 is 1.32 bits per heavy atom. The van der Waals surface area contributed by atoms with Crippen molar-refractivity contribution >= 4 is 15.7 Å². The standard InChI is InChI=1S/C10H10N4O4S/c1-11-19(17,18)10-9(14(15)16)7-13(12-10)8-5-3-2-4-6-8/h2-7,11H,1H3. The van der Waals surface area contributed by atoms with Gasteiger partial charge in [0.05, 0.1) is 10.6 Å². The predicted molar refractivity (Wildman–Crippen MR) is 66.5 cm³/mol. The van der Waals surface area contributed by atoms with Gasteiger partial charge in [-0.25, -0.2) is 17.8 Å². The van der Waals surface area contributed by atoms with Gasteiger partial charge in [0.15, 0.2) is 0 Å². The normalized spacial score (nSPS) is 11.4. The van der Waals surface area contributed by atoms with Crippen molar-refractivity contribution in [2.45, 2.75) is 5.03 Å². The molecule has 19 heavy (non-hydrogen) atoms. The number of hydrogen-bond acceptors (Lipinski definition) is 5. The molecule has 0 bridgehead atoms. The lowest BCUT2D eigenvalue weighted by Gasteiger charge is -1.99. The maximum Gasteiger partial charge on any atom is 0.327 e. The van der Waals surface area contributed by atoms with Crippen molar-refractivity contribution < 1.29 is 13.3 Å². The van der Waals surface area contributed by atoms with Crippen LogP contribution in [0.15, 0.2) is 41.6 Å². The Kier molecular flexibility index (Phi) is 3.32. The topological polar surface area (TPSA) is 107 Å². The lowest BCUT2D eigenvalue weighted by Crippen LogP contribution is -2.20. The molecule has 0 atom stereocenters. The van der Waals surface area contributed by atoms with Gasteiger partial charge in [0.25, 0.3) is 15.0 Å². The summed E-state index contributed by atoms with van der Waals surface area (Å²) in [5, 5.41) is 14.1. The van der Waals surface area contributed by atoms with Crippen LogP contribution >= 0.6 is 0 Å². The molecular formula is C10H10N4O4S. The minimum Gasteiger partial charge on any atom is -0.258 e. The van der Waals surface area contributed by atoms with Crippen LogP contribution in [0.3, 0.4) is 0 Å². The summed E-state index contributed by atoms with van der Waals surface area (Å²) in [7, 11) is -2.82. The third-order valence-electron chi connectivity index (χ3n) is 2.40. The molecule has 100 valence electrons. The van der Waals surface area contributed by atoms with Gasteiger partial charge < -0.3 is 0 Å². The van der Waals surface area contributed by atoms with Crippen molar-refractivity contribution in [2.24, 2.45) is 0 Å². The first kappa shape index (κ1) is 13.2. The fourth-order valence-electron chi connectivity index (χ4n) is 1.48. The molecule has 0 aliphatic carbocycles. The summed E-state index contributed by atoms with van der Waals surface area (Å²) in [4.78, 5) is 10.1. The van der Waals surface area contributed by atoms with Crippen LogP contribution in [0.4, 0.5) is 5.69 Å². The number of benzene rings is 1. The Morgan fingerprint density at radius 3 is 2.47 bits per heavy atom. The Balaban J connectivity index is 2.63. The smallest absolute Gasteiger partial charge is 0.258 e. The Bertz CT molecular complexity index is 708. The van der Waals surface area contributed by atoms with Crippen LogP contribution in [-0.4, -0.2) is 30.2 Å². The highest BCUT2D eigenvalue weighted by Crippen LogP contribution is 2.23. The first-order valence-corrected chi connectivity index (χ1v) is 6.67. The first-order chi connectivity index (χ1) is 8.95. The highest BCUT2D eigenvalue weighted by molar-refractivity contribution is 7.89. The van der Waals surface area contributed by atoms with Crippen molar-refractivity contribution in [3.05, 3.63) is 46.6 Å². The molecule has 8 nitrogen and oxygen atoms in total. The van der Waals surface area contributed by atoms with Gasteiger partial charge in [0.1, 0.15) is 6.20 Å². The first-order valence-electron chi connectivity index (χ1n) is 5.19. The van der Waals surface area contributed by atoms with E-state index in [-0.39, 0.29) is 0 Å². The van der Waals surface area contributed by atoms with E-state index in [1.54, 1.807) is 30.3 Å². The van der Waals surface area contributed by atoms with Gasteiger partial charge in [-0.2, -0.15) is 0 Å². The highest BCUT2D eigenvalue weighted by atomic mass is 32.2. The SMILES string of the molecule is CNS(=O)(=O)c1nn(-c2ccccc2)cc1[N+](=O)[O-]. The number of nitrogens with one attached hydrogen (secondary N) is 1. The van der Waals surface area contributed by atoms with E-state index in [1.807, 2.05) is 4.72 Å². The van der Waals surface area contributed by atoms with Crippen molar-refractivity contribution in [3.8, 4) is 5.69 Å². The van der Waals surface area contributed by atoms with Gasteiger partial charge in [0, 0.05) is 0 Å². The second-order valence-corrected chi connectivity index (χ2v) is 5.37. The molecule has 1 aromatic heterocycles. The molecule has 0 spiro atoms. The van der Waals surface area contributed by atoms with Crippen LogP contribution in [-0.2, 0) is 10.0 Å². The molecule has 1 aromatic carbocycles. The molecule has 0 amide bonds. The molecule has 0 saturated heterocycles. The third kappa shape index (κ3) is 2.46. The van der Waals surface area contributed by atoms with Gasteiger partial charge in [-0.15, -0.1) is 5.10 Å². The molecule has 0 fully saturated rings. The van der Waals surface area contributed by atoms with Gasteiger partial charge >= 0.3 is 5.69 Å². The summed E-state index contributed by atoms with van der Waals surface area (Å²) >= 11 is 0. The van der Waals surface area contributed by atoms with Crippen LogP contribution in [0.2, 0.25) is 0 Å². The molecule has 0 aliphatic heterocycles. The summed E-state index contributed by atoms with van der Waals surface area (Å²) in [5.41, 5.74) is -0.0404. The zero-order chi connectivity index (χ0) is 14.0. The molecule has 0 unspecified atom stereocenters. The van der Waals surface area contributed by atoms with Gasteiger partial charge in [-0.1, -0.05) is 18.2 Å². The van der Waals surface area contributed by atoms with Crippen LogP contribution < -0.4 is 4.72 Å². The van der Waals surface area contributed by atoms with Gasteiger partial charge in [-0.05, 0) is 19.2 Å². The molecule has 0 radical (unpaired) electrons. The molecule has 2 aromatic rings. The number of sulfonamides is 1. The minimum atomic E-state index is -3.98. The van der Waals surface area contributed by atoms with Gasteiger partial charge in [-0.3, -0.25) is 10.1 Å². The van der Waals surface area contributed by atoms with E-state index in [2.05, 4.69) is 5.10 Å². The largest absolute Gasteiger partial charge is 0.327 e. The van der Waals surface area contributed by atoms with E-state index in [0.29, 0.717) is 5.69 Å². The number of nitrogens with zero attached hydrogens (tertiary/aromatic N) is 3. The molecule has 0 saturated carbocycles. The number of nitro groups is 1. The number of para-hydroxylation sites is 1. The Morgan fingerprint density at radius 2 is 1.95 bits per heavy atom. The van der Waals surface area contributed by atoms with Crippen molar-refractivity contribution in [3.63, 3.8) is 0 Å². The molecule has 2 rings (SSSR count). The monoisotopic (exact) mass is 282 g/mol. The van der Waals surface area contributed by atoms with Crippen molar-refractivity contribution in [2.75, 3.05) is 7.05 Å². The molecule has 0 aliphatic rings. The highest BCUT2D eigenvalue weighted by Gasteiger charge is 2.30. The van der Waals surface area contributed by atoms with Crippen LogP contribution in [0.1, 0.15) is 0 Å². The maximum absolute atomic E-state index is 11.7. The third-order valence-corrected chi connectivity index (χ3v) is 3.74. The number of aromatic nitrogens is 2. The van der Waals surface area contributed by atoms with Gasteiger partial charge in [0.2, 0.25) is 0 Å². The van der Waals surface area contributed by atoms with E-state index in [0.717, 1.165) is 10.9 Å². The zero-order valence-electron chi connectivity index (χ0n) is 9.85. The maximum atomic E-state index is 11.7. The fourth-order valence-corrected chi connectivity index (χ4v) is 2.27. The average molecular weight is 282 g/mol. The lowest BCUT2D eigenvalue weighted by molar-refractivity contribution is -0.387. The van der Waals surface area contributed by atoms with E-state index < -0.39 is 25.7 Å². The number of rotatable bonds is 4. The van der Waals surface area contributed by atoms with Crippen LogP contribution in [0, 0.1) is 10.1 Å². The van der Waals surface area contributed by atoms with Crippen LogP contribution in [0.25, 0.3) is 5.69 Å². The van der Waals surface area contributed by atoms with E-state index in [4.69, 9.17) is 0 Å². The average Bonchev–Trinajstić information content (AvgIpc) is 2.86. The quantitative estimate of drug-likeness (QED) is 0.655. The summed E-state index contributed by atoms with van der Waals surface area (Å²) < 4.78 is 26.5. The molecule has 1 N–H and O–H groups in total. The predicted octanol–water partition coefficient (Wildman–Crippen LogP) is 0.689. The lowest BCUT2D eigenvalue weighted by atomic mass is 10.3. The molecule has 9 heteroatoms. The Hall–Kier alpha value is -2.26. The Labute approximate surface area is 108 Å². The minimum absolute atomic E-state index is 0.531. The summed E-state index contributed by atoms with van der Waals surface area (Å²) in [6.07, 6.45) is 1.07. The van der Waals surface area contributed by atoms with E-state index >= 15 is 0 Å². The summed E-state index contributed by atoms with van der Waals surface area (Å²) in [6, 6.07) is 8.52. The van der Waals surface area contributed by atoms with E-state index in [1.165, 1.54) is 7.05 Å². The van der Waals surface area contributed by atoms with Crippen molar-refractivity contribution in [1.82, 2.24) is 14.5 Å². The molecular weight excluding hydrogens is 272 g/mol.